The molecule has 0 spiro atoms. The molecule has 0 saturated heterocycles. The van der Waals surface area contributed by atoms with Gasteiger partial charge in [-0.3, -0.25) is 4.79 Å². The Hall–Kier alpha value is -1.91. The van der Waals surface area contributed by atoms with Gasteiger partial charge >= 0.3 is 0 Å². The quantitative estimate of drug-likeness (QED) is 0.759. The maximum atomic E-state index is 12.1. The summed E-state index contributed by atoms with van der Waals surface area (Å²) in [7, 11) is 0. The van der Waals surface area contributed by atoms with Crippen molar-refractivity contribution in [3.63, 3.8) is 0 Å². The van der Waals surface area contributed by atoms with E-state index in [1.54, 1.807) is 0 Å². The van der Waals surface area contributed by atoms with Crippen molar-refractivity contribution in [3.05, 3.63) is 18.2 Å². The van der Waals surface area contributed by atoms with Crippen LogP contribution in [0.15, 0.2) is 18.2 Å². The fourth-order valence-corrected chi connectivity index (χ4v) is 2.19. The van der Waals surface area contributed by atoms with Gasteiger partial charge in [0.1, 0.15) is 11.0 Å². The van der Waals surface area contributed by atoms with Gasteiger partial charge in [-0.1, -0.05) is 39.5 Å². The number of fused-ring (bicyclic) bond motifs is 1. The van der Waals surface area contributed by atoms with Crippen LogP contribution in [0.25, 0.3) is 11.0 Å². The zero-order valence-electron chi connectivity index (χ0n) is 12.1. The van der Waals surface area contributed by atoms with Gasteiger partial charge in [0.2, 0.25) is 5.91 Å². The topological polar surface area (TPSA) is 70.7 Å². The second-order valence-electron chi connectivity index (χ2n) is 5.27. The molecule has 0 bridgehead atoms. The van der Waals surface area contributed by atoms with Crippen molar-refractivity contribution in [2.75, 3.05) is 5.32 Å². The summed E-state index contributed by atoms with van der Waals surface area (Å²) in [5.74, 6) is 0.115. The number of unbranched alkanes of at least 4 members (excludes halogenated alkanes) is 3. The van der Waals surface area contributed by atoms with Crippen LogP contribution in [0.5, 0.6) is 0 Å². The molecule has 20 heavy (non-hydrogen) atoms. The minimum Gasteiger partial charge on any atom is -0.326 e. The van der Waals surface area contributed by atoms with E-state index in [1.807, 2.05) is 25.1 Å². The number of carbonyl (C=O) groups excluding carboxylic acids is 1. The number of anilines is 1. The number of nitrogens with one attached hydrogen (secondary N) is 2. The third kappa shape index (κ3) is 3.79. The Kier molecular flexibility index (Phi) is 5.09. The number of hydrogen-bond donors (Lipinski definition) is 2. The second kappa shape index (κ2) is 7.03. The second-order valence-corrected chi connectivity index (χ2v) is 5.27. The molecule has 1 heterocycles. The average Bonchev–Trinajstić information content (AvgIpc) is 2.90. The average molecular weight is 274 g/mol. The molecule has 0 radical (unpaired) electrons. The molecule has 5 heteroatoms. The molecule has 1 amide bonds. The minimum atomic E-state index is 0.0415. The highest BCUT2D eigenvalue weighted by Crippen LogP contribution is 2.17. The molecular weight excluding hydrogens is 252 g/mol. The Morgan fingerprint density at radius 1 is 1.25 bits per heavy atom. The van der Waals surface area contributed by atoms with Crippen LogP contribution in [0.1, 0.15) is 46.0 Å². The van der Waals surface area contributed by atoms with Gasteiger partial charge in [0.25, 0.3) is 0 Å². The van der Waals surface area contributed by atoms with E-state index >= 15 is 0 Å². The fraction of sp³-hybridized carbons (Fsp3) is 0.533. The van der Waals surface area contributed by atoms with E-state index in [0.717, 1.165) is 29.6 Å². The summed E-state index contributed by atoms with van der Waals surface area (Å²) in [6, 6.07) is 5.54. The van der Waals surface area contributed by atoms with Crippen molar-refractivity contribution in [1.29, 1.82) is 0 Å². The van der Waals surface area contributed by atoms with Crippen LogP contribution >= 0.6 is 0 Å². The molecule has 0 aliphatic rings. The number of carbonyl (C=O) groups is 1. The molecule has 0 aliphatic heterocycles. The highest BCUT2D eigenvalue weighted by Gasteiger charge is 2.13. The number of rotatable bonds is 7. The molecule has 2 rings (SSSR count). The van der Waals surface area contributed by atoms with E-state index in [4.69, 9.17) is 0 Å². The highest BCUT2D eigenvalue weighted by atomic mass is 16.1. The summed E-state index contributed by atoms with van der Waals surface area (Å²) in [6.07, 6.45) is 5.73. The molecule has 5 nitrogen and oxygen atoms in total. The summed E-state index contributed by atoms with van der Waals surface area (Å²) >= 11 is 0. The van der Waals surface area contributed by atoms with Crippen molar-refractivity contribution in [2.45, 2.75) is 46.0 Å². The Balaban J connectivity index is 1.86. The van der Waals surface area contributed by atoms with Gasteiger partial charge in [0.15, 0.2) is 0 Å². The zero-order valence-corrected chi connectivity index (χ0v) is 12.1. The van der Waals surface area contributed by atoms with Crippen LogP contribution in [0, 0.1) is 5.92 Å². The van der Waals surface area contributed by atoms with Gasteiger partial charge in [0.05, 0.1) is 0 Å². The highest BCUT2D eigenvalue weighted by molar-refractivity contribution is 5.94. The summed E-state index contributed by atoms with van der Waals surface area (Å²) in [5.41, 5.74) is 2.34. The number of aromatic amines is 1. The molecule has 2 N–H and O–H groups in total. The predicted octanol–water partition coefficient (Wildman–Crippen LogP) is 3.50. The van der Waals surface area contributed by atoms with Gasteiger partial charge in [-0.2, -0.15) is 15.4 Å². The molecule has 0 aliphatic carbocycles. The first-order valence-electron chi connectivity index (χ1n) is 7.32. The van der Waals surface area contributed by atoms with Crippen molar-refractivity contribution < 1.29 is 4.79 Å². The van der Waals surface area contributed by atoms with E-state index in [2.05, 4.69) is 27.7 Å². The third-order valence-corrected chi connectivity index (χ3v) is 3.52. The molecule has 108 valence electrons. The van der Waals surface area contributed by atoms with Crippen LogP contribution < -0.4 is 5.32 Å². The molecule has 1 aromatic heterocycles. The summed E-state index contributed by atoms with van der Waals surface area (Å²) in [6.45, 7) is 4.17. The Morgan fingerprint density at radius 3 is 2.85 bits per heavy atom. The first kappa shape index (κ1) is 14.5. The largest absolute Gasteiger partial charge is 0.326 e. The first-order chi connectivity index (χ1) is 9.70. The maximum absolute atomic E-state index is 12.1. The van der Waals surface area contributed by atoms with Crippen LogP contribution in [0.2, 0.25) is 0 Å². The SMILES string of the molecule is CCCCCCC(C)C(=O)Nc1ccc2n[nH]nc2c1. The zero-order chi connectivity index (χ0) is 14.4. The maximum Gasteiger partial charge on any atom is 0.227 e. The summed E-state index contributed by atoms with van der Waals surface area (Å²) in [5, 5.41) is 13.5. The van der Waals surface area contributed by atoms with Crippen LogP contribution in [-0.2, 0) is 4.79 Å². The standard InChI is InChI=1S/C15H22N4O/c1-3-4-5-6-7-11(2)15(20)16-12-8-9-13-14(10-12)18-19-17-13/h8-11H,3-7H2,1-2H3,(H,16,20)(H,17,18,19). The van der Waals surface area contributed by atoms with E-state index in [1.165, 1.54) is 19.3 Å². The van der Waals surface area contributed by atoms with Gasteiger partial charge in [-0.05, 0) is 24.6 Å². The smallest absolute Gasteiger partial charge is 0.227 e. The molecule has 0 saturated carbocycles. The van der Waals surface area contributed by atoms with Gasteiger partial charge in [0, 0.05) is 11.6 Å². The molecule has 1 aromatic carbocycles. The number of nitrogens with zero attached hydrogens (tertiary/aromatic N) is 2. The normalized spacial score (nSPS) is 12.5. The van der Waals surface area contributed by atoms with E-state index in [0.29, 0.717) is 0 Å². The number of H-pyrrole nitrogens is 1. The molecule has 1 atom stereocenters. The van der Waals surface area contributed by atoms with Crippen LogP contribution in [0.3, 0.4) is 0 Å². The van der Waals surface area contributed by atoms with Crippen molar-refractivity contribution in [1.82, 2.24) is 15.4 Å². The van der Waals surface area contributed by atoms with Crippen molar-refractivity contribution in [2.24, 2.45) is 5.92 Å². The molecule has 2 aromatic rings. The lowest BCUT2D eigenvalue weighted by atomic mass is 10.0. The molecule has 0 fully saturated rings. The Morgan fingerprint density at radius 2 is 2.05 bits per heavy atom. The molecular formula is C15H22N4O. The Bertz CT molecular complexity index is 564. The van der Waals surface area contributed by atoms with Crippen molar-refractivity contribution in [3.8, 4) is 0 Å². The van der Waals surface area contributed by atoms with E-state index in [-0.39, 0.29) is 11.8 Å². The van der Waals surface area contributed by atoms with E-state index in [9.17, 15) is 4.79 Å². The van der Waals surface area contributed by atoms with Gasteiger partial charge in [-0.25, -0.2) is 0 Å². The third-order valence-electron chi connectivity index (χ3n) is 3.52. The van der Waals surface area contributed by atoms with E-state index < -0.39 is 0 Å². The number of amides is 1. The summed E-state index contributed by atoms with van der Waals surface area (Å²) in [4.78, 5) is 12.1. The molecule has 1 unspecified atom stereocenters. The lowest BCUT2D eigenvalue weighted by Gasteiger charge is -2.12. The Labute approximate surface area is 119 Å². The number of benzene rings is 1. The van der Waals surface area contributed by atoms with Crippen molar-refractivity contribution >= 4 is 22.6 Å². The predicted molar refractivity (Wildman–Crippen MR) is 80.4 cm³/mol. The van der Waals surface area contributed by atoms with Gasteiger partial charge in [-0.15, -0.1) is 0 Å². The minimum absolute atomic E-state index is 0.0415. The first-order valence-corrected chi connectivity index (χ1v) is 7.32. The van der Waals surface area contributed by atoms with Crippen LogP contribution in [-0.4, -0.2) is 21.3 Å². The monoisotopic (exact) mass is 274 g/mol. The number of aromatic nitrogens is 3. The van der Waals surface area contributed by atoms with Gasteiger partial charge < -0.3 is 5.32 Å². The lowest BCUT2D eigenvalue weighted by molar-refractivity contribution is -0.119. The number of hydrogen-bond acceptors (Lipinski definition) is 3. The summed E-state index contributed by atoms with van der Waals surface area (Å²) < 4.78 is 0. The lowest BCUT2D eigenvalue weighted by Crippen LogP contribution is -2.20. The fourth-order valence-electron chi connectivity index (χ4n) is 2.19. The van der Waals surface area contributed by atoms with Crippen LogP contribution in [0.4, 0.5) is 5.69 Å².